The van der Waals surface area contributed by atoms with Crippen LogP contribution < -0.4 is 5.32 Å². The van der Waals surface area contributed by atoms with Crippen molar-refractivity contribution in [1.82, 2.24) is 5.32 Å². The molecule has 19 heavy (non-hydrogen) atoms. The normalized spacial score (nSPS) is 12.3. The molecule has 0 aromatic heterocycles. The predicted molar refractivity (Wildman–Crippen MR) is 82.3 cm³/mol. The van der Waals surface area contributed by atoms with Gasteiger partial charge in [0.25, 0.3) is 0 Å². The van der Waals surface area contributed by atoms with Crippen molar-refractivity contribution in [1.29, 1.82) is 0 Å². The Hall–Kier alpha value is -1.60. The summed E-state index contributed by atoms with van der Waals surface area (Å²) in [6.07, 6.45) is 2.18. The molecule has 100 valence electrons. The molecule has 1 unspecified atom stereocenters. The average molecular weight is 253 g/mol. The Labute approximate surface area is 116 Å². The predicted octanol–water partition coefficient (Wildman–Crippen LogP) is 3.97. The third kappa shape index (κ3) is 4.22. The monoisotopic (exact) mass is 253 g/mol. The summed E-state index contributed by atoms with van der Waals surface area (Å²) in [7, 11) is 0. The van der Waals surface area contributed by atoms with E-state index >= 15 is 0 Å². The summed E-state index contributed by atoms with van der Waals surface area (Å²) < 4.78 is 0. The van der Waals surface area contributed by atoms with Gasteiger partial charge in [-0.2, -0.15) is 0 Å². The molecule has 2 rings (SSSR count). The van der Waals surface area contributed by atoms with Gasteiger partial charge in [0.15, 0.2) is 0 Å². The summed E-state index contributed by atoms with van der Waals surface area (Å²) in [5.74, 6) is 0. The lowest BCUT2D eigenvalue weighted by Crippen LogP contribution is -2.27. The molecule has 1 atom stereocenters. The summed E-state index contributed by atoms with van der Waals surface area (Å²) in [5, 5.41) is 3.62. The lowest BCUT2D eigenvalue weighted by Gasteiger charge is -2.15. The molecule has 0 aliphatic carbocycles. The molecular weight excluding hydrogens is 230 g/mol. The van der Waals surface area contributed by atoms with E-state index in [1.54, 1.807) is 0 Å². The maximum Gasteiger partial charge on any atom is 0.0210 e. The second-order valence-corrected chi connectivity index (χ2v) is 5.09. The van der Waals surface area contributed by atoms with Crippen molar-refractivity contribution in [2.45, 2.75) is 39.3 Å². The van der Waals surface area contributed by atoms with Gasteiger partial charge in [0.1, 0.15) is 0 Å². The Balaban J connectivity index is 1.88. The Bertz CT molecular complexity index is 490. The van der Waals surface area contributed by atoms with Crippen molar-refractivity contribution in [3.63, 3.8) is 0 Å². The van der Waals surface area contributed by atoms with Crippen LogP contribution in [0.3, 0.4) is 0 Å². The van der Waals surface area contributed by atoms with Crippen LogP contribution in [0.4, 0.5) is 0 Å². The molecule has 2 aromatic rings. The SMILES string of the molecule is CCc1ccccc1CNC(C)Cc1ccccc1. The van der Waals surface area contributed by atoms with Crippen LogP contribution in [0.15, 0.2) is 54.6 Å². The van der Waals surface area contributed by atoms with Crippen LogP contribution in [0.1, 0.15) is 30.5 Å². The zero-order valence-electron chi connectivity index (χ0n) is 11.9. The van der Waals surface area contributed by atoms with Gasteiger partial charge in [-0.25, -0.2) is 0 Å². The van der Waals surface area contributed by atoms with E-state index in [-0.39, 0.29) is 0 Å². The maximum atomic E-state index is 3.62. The Morgan fingerprint density at radius 1 is 0.895 bits per heavy atom. The zero-order valence-corrected chi connectivity index (χ0v) is 11.9. The molecule has 0 amide bonds. The molecule has 0 bridgehead atoms. The molecule has 2 aromatic carbocycles. The zero-order chi connectivity index (χ0) is 13.5. The minimum Gasteiger partial charge on any atom is -0.310 e. The third-order valence-electron chi connectivity index (χ3n) is 3.52. The van der Waals surface area contributed by atoms with Crippen molar-refractivity contribution < 1.29 is 0 Å². The third-order valence-corrected chi connectivity index (χ3v) is 3.52. The van der Waals surface area contributed by atoms with Crippen LogP contribution in [-0.4, -0.2) is 6.04 Å². The first-order chi connectivity index (χ1) is 9.29. The van der Waals surface area contributed by atoms with E-state index < -0.39 is 0 Å². The highest BCUT2D eigenvalue weighted by atomic mass is 14.9. The molecule has 0 saturated heterocycles. The lowest BCUT2D eigenvalue weighted by atomic mass is 10.0. The van der Waals surface area contributed by atoms with E-state index in [9.17, 15) is 0 Å². The van der Waals surface area contributed by atoms with Crippen molar-refractivity contribution in [2.75, 3.05) is 0 Å². The second kappa shape index (κ2) is 7.10. The van der Waals surface area contributed by atoms with Gasteiger partial charge in [0.05, 0.1) is 0 Å². The minimum atomic E-state index is 0.493. The first-order valence-corrected chi connectivity index (χ1v) is 7.13. The molecule has 0 heterocycles. The van der Waals surface area contributed by atoms with Gasteiger partial charge in [-0.1, -0.05) is 61.5 Å². The lowest BCUT2D eigenvalue weighted by molar-refractivity contribution is 0.544. The van der Waals surface area contributed by atoms with Crippen LogP contribution in [-0.2, 0) is 19.4 Å². The first-order valence-electron chi connectivity index (χ1n) is 7.13. The standard InChI is InChI=1S/C18H23N/c1-3-17-11-7-8-12-18(17)14-19-15(2)13-16-9-5-4-6-10-16/h4-12,15,19H,3,13-14H2,1-2H3. The maximum absolute atomic E-state index is 3.62. The molecule has 0 spiro atoms. The van der Waals surface area contributed by atoms with Gasteiger partial charge in [0.2, 0.25) is 0 Å². The van der Waals surface area contributed by atoms with E-state index in [4.69, 9.17) is 0 Å². The quantitative estimate of drug-likeness (QED) is 0.821. The smallest absolute Gasteiger partial charge is 0.0210 e. The summed E-state index contributed by atoms with van der Waals surface area (Å²) >= 11 is 0. The molecule has 0 fully saturated rings. The fourth-order valence-electron chi connectivity index (χ4n) is 2.40. The topological polar surface area (TPSA) is 12.0 Å². The van der Waals surface area contributed by atoms with Crippen molar-refractivity contribution in [2.24, 2.45) is 0 Å². The van der Waals surface area contributed by atoms with E-state index in [1.165, 1.54) is 16.7 Å². The molecule has 1 nitrogen and oxygen atoms in total. The van der Waals surface area contributed by atoms with E-state index in [2.05, 4.69) is 73.8 Å². The fourth-order valence-corrected chi connectivity index (χ4v) is 2.40. The van der Waals surface area contributed by atoms with Crippen LogP contribution in [0.2, 0.25) is 0 Å². The number of benzene rings is 2. The summed E-state index contributed by atoms with van der Waals surface area (Å²) in [5.41, 5.74) is 4.26. The molecule has 0 aliphatic rings. The molecule has 0 aliphatic heterocycles. The van der Waals surface area contributed by atoms with Gasteiger partial charge in [-0.05, 0) is 36.5 Å². The van der Waals surface area contributed by atoms with Gasteiger partial charge in [-0.15, -0.1) is 0 Å². The minimum absolute atomic E-state index is 0.493. The van der Waals surface area contributed by atoms with Crippen LogP contribution >= 0.6 is 0 Å². The van der Waals surface area contributed by atoms with Gasteiger partial charge in [0, 0.05) is 12.6 Å². The van der Waals surface area contributed by atoms with Gasteiger partial charge >= 0.3 is 0 Å². The number of aryl methyl sites for hydroxylation is 1. The Kier molecular flexibility index (Phi) is 5.17. The van der Waals surface area contributed by atoms with Crippen LogP contribution in [0.5, 0.6) is 0 Å². The number of hydrogen-bond acceptors (Lipinski definition) is 1. The number of rotatable bonds is 6. The van der Waals surface area contributed by atoms with E-state index in [0.717, 1.165) is 19.4 Å². The largest absolute Gasteiger partial charge is 0.310 e. The first kappa shape index (κ1) is 13.8. The van der Waals surface area contributed by atoms with Gasteiger partial charge < -0.3 is 5.32 Å². The highest BCUT2D eigenvalue weighted by Crippen LogP contribution is 2.10. The molecule has 0 saturated carbocycles. The molecule has 0 radical (unpaired) electrons. The average Bonchev–Trinajstić information content (AvgIpc) is 2.46. The van der Waals surface area contributed by atoms with E-state index in [0.29, 0.717) is 6.04 Å². The fraction of sp³-hybridized carbons (Fsp3) is 0.333. The van der Waals surface area contributed by atoms with Gasteiger partial charge in [-0.3, -0.25) is 0 Å². The number of hydrogen-bond donors (Lipinski definition) is 1. The van der Waals surface area contributed by atoms with Crippen LogP contribution in [0, 0.1) is 0 Å². The highest BCUT2D eigenvalue weighted by molar-refractivity contribution is 5.27. The number of nitrogens with one attached hydrogen (secondary N) is 1. The van der Waals surface area contributed by atoms with Crippen molar-refractivity contribution in [3.8, 4) is 0 Å². The molecular formula is C18H23N. The molecule has 1 heteroatoms. The van der Waals surface area contributed by atoms with E-state index in [1.807, 2.05) is 0 Å². The molecule has 1 N–H and O–H groups in total. The van der Waals surface area contributed by atoms with Crippen molar-refractivity contribution >= 4 is 0 Å². The summed E-state index contributed by atoms with van der Waals surface area (Å²) in [6.45, 7) is 5.42. The van der Waals surface area contributed by atoms with Crippen LogP contribution in [0.25, 0.3) is 0 Å². The van der Waals surface area contributed by atoms with Crippen molar-refractivity contribution in [3.05, 3.63) is 71.3 Å². The highest BCUT2D eigenvalue weighted by Gasteiger charge is 2.04. The second-order valence-electron chi connectivity index (χ2n) is 5.09. The summed E-state index contributed by atoms with van der Waals surface area (Å²) in [4.78, 5) is 0. The Morgan fingerprint density at radius 3 is 2.21 bits per heavy atom. The Morgan fingerprint density at radius 2 is 1.53 bits per heavy atom. The summed E-state index contributed by atoms with van der Waals surface area (Å²) in [6, 6.07) is 19.8.